The molecule has 2 saturated heterocycles. The number of fused-ring (bicyclic) bond motifs is 2. The third-order valence-corrected chi connectivity index (χ3v) is 6.39. The molecule has 0 amide bonds. The summed E-state index contributed by atoms with van der Waals surface area (Å²) in [5.74, 6) is 1.81. The molecule has 0 aromatic carbocycles. The van der Waals surface area contributed by atoms with E-state index in [0.29, 0.717) is 29.8 Å². The highest BCUT2D eigenvalue weighted by Crippen LogP contribution is 2.68. The Labute approximate surface area is 122 Å². The van der Waals surface area contributed by atoms with E-state index < -0.39 is 12.1 Å². The van der Waals surface area contributed by atoms with Gasteiger partial charge in [0.1, 0.15) is 0 Å². The zero-order valence-electron chi connectivity index (χ0n) is 12.6. The van der Waals surface area contributed by atoms with E-state index in [-0.39, 0.29) is 0 Å². The molecule has 0 aromatic rings. The highest BCUT2D eigenvalue weighted by atomic mass is 16.8. The third kappa shape index (κ3) is 1.82. The first-order valence-corrected chi connectivity index (χ1v) is 8.79. The largest absolute Gasteiger partial charge is 0.368 e. The minimum absolute atomic E-state index is 0.374. The van der Waals surface area contributed by atoms with Crippen molar-refractivity contribution >= 4 is 0 Å². The smallest absolute Gasteiger partial charge is 0.175 e. The van der Waals surface area contributed by atoms with E-state index >= 15 is 0 Å². The Morgan fingerprint density at radius 3 is 2.70 bits per heavy atom. The molecular formula is C17H28O3. The molecule has 4 rings (SSSR count). The van der Waals surface area contributed by atoms with E-state index in [1.165, 1.54) is 51.4 Å². The van der Waals surface area contributed by atoms with Gasteiger partial charge in [0.15, 0.2) is 12.1 Å². The molecule has 1 N–H and O–H groups in total. The lowest BCUT2D eigenvalue weighted by Gasteiger charge is -2.28. The van der Waals surface area contributed by atoms with Crippen LogP contribution in [0.25, 0.3) is 0 Å². The van der Waals surface area contributed by atoms with Gasteiger partial charge >= 0.3 is 0 Å². The molecule has 4 fully saturated rings. The Morgan fingerprint density at radius 1 is 1.05 bits per heavy atom. The maximum Gasteiger partial charge on any atom is 0.175 e. The van der Waals surface area contributed by atoms with Crippen LogP contribution in [0.3, 0.4) is 0 Å². The van der Waals surface area contributed by atoms with Gasteiger partial charge in [-0.25, -0.2) is 0 Å². The number of unbranched alkanes of at least 4 members (excludes halogenated alkanes) is 5. The van der Waals surface area contributed by atoms with Crippen molar-refractivity contribution in [1.82, 2.24) is 0 Å². The molecule has 0 aromatic heterocycles. The van der Waals surface area contributed by atoms with Crippen molar-refractivity contribution in [1.29, 1.82) is 0 Å². The summed E-state index contributed by atoms with van der Waals surface area (Å²) in [4.78, 5) is 0. The molecule has 2 saturated carbocycles. The van der Waals surface area contributed by atoms with Crippen LogP contribution < -0.4 is 0 Å². The van der Waals surface area contributed by atoms with Crippen LogP contribution in [0.4, 0.5) is 0 Å². The van der Waals surface area contributed by atoms with Crippen LogP contribution in [-0.4, -0.2) is 23.3 Å². The summed E-state index contributed by atoms with van der Waals surface area (Å²) in [6.45, 7) is 2.26. The maximum atomic E-state index is 10.3. The van der Waals surface area contributed by atoms with Crippen molar-refractivity contribution < 1.29 is 14.6 Å². The molecule has 0 unspecified atom stereocenters. The minimum atomic E-state index is -0.559. The average molecular weight is 280 g/mol. The minimum Gasteiger partial charge on any atom is -0.368 e. The maximum absolute atomic E-state index is 10.3. The van der Waals surface area contributed by atoms with Crippen molar-refractivity contribution in [2.75, 3.05) is 0 Å². The van der Waals surface area contributed by atoms with Gasteiger partial charge in [-0.05, 0) is 31.1 Å². The number of aliphatic hydroxyl groups excluding tert-OH is 1. The van der Waals surface area contributed by atoms with E-state index in [2.05, 4.69) is 6.92 Å². The van der Waals surface area contributed by atoms with Gasteiger partial charge in [-0.2, -0.15) is 0 Å². The Balaban J connectivity index is 1.36. The van der Waals surface area contributed by atoms with Gasteiger partial charge in [0.25, 0.3) is 0 Å². The standard InChI is InChI=1S/C17H28O3/c1-2-3-4-5-6-7-8-17-15-12-9-11(10-13(12)19-17)14(15)16(18)20-17/h11-16,18H,2-10H2,1H3/t11-,12+,13-,14+,15-,16+,17+/m1/s1. The molecule has 7 atom stereocenters. The van der Waals surface area contributed by atoms with Crippen molar-refractivity contribution in [2.45, 2.75) is 82.9 Å². The SMILES string of the molecule is CCCCCCCC[C@]12O[C@H](O)[C@H]3[C@@H]4C[C@H]([C@H]31)[C@@H](C4)O2. The van der Waals surface area contributed by atoms with E-state index in [0.717, 1.165) is 6.42 Å². The number of ether oxygens (including phenoxy) is 2. The number of rotatable bonds is 7. The van der Waals surface area contributed by atoms with Gasteiger partial charge in [-0.15, -0.1) is 0 Å². The average Bonchev–Trinajstić information content (AvgIpc) is 3.08. The Bertz CT molecular complexity index is 369. The molecule has 114 valence electrons. The topological polar surface area (TPSA) is 38.7 Å². The second kappa shape index (κ2) is 4.96. The van der Waals surface area contributed by atoms with E-state index in [4.69, 9.17) is 9.47 Å². The number of hydrogen-bond donors (Lipinski definition) is 1. The summed E-state index contributed by atoms with van der Waals surface area (Å²) in [7, 11) is 0. The van der Waals surface area contributed by atoms with Crippen LogP contribution in [-0.2, 0) is 9.47 Å². The lowest BCUT2D eigenvalue weighted by Crippen LogP contribution is -2.34. The highest BCUT2D eigenvalue weighted by molar-refractivity contribution is 5.14. The first-order chi connectivity index (χ1) is 9.75. The molecule has 2 aliphatic carbocycles. The summed E-state index contributed by atoms with van der Waals surface area (Å²) in [5, 5.41) is 10.3. The molecule has 2 aliphatic heterocycles. The molecule has 3 heteroatoms. The fourth-order valence-electron chi connectivity index (χ4n) is 5.67. The number of hydrogen-bond acceptors (Lipinski definition) is 3. The predicted octanol–water partition coefficient (Wildman–Crippen LogP) is 3.45. The van der Waals surface area contributed by atoms with Crippen LogP contribution in [0.1, 0.15) is 64.7 Å². The summed E-state index contributed by atoms with van der Waals surface area (Å²) >= 11 is 0. The predicted molar refractivity (Wildman–Crippen MR) is 75.9 cm³/mol. The van der Waals surface area contributed by atoms with Gasteiger partial charge < -0.3 is 14.6 Å². The lowest BCUT2D eigenvalue weighted by molar-refractivity contribution is -0.275. The fourth-order valence-corrected chi connectivity index (χ4v) is 5.67. The molecule has 2 heterocycles. The molecule has 20 heavy (non-hydrogen) atoms. The zero-order chi connectivity index (χ0) is 13.7. The normalized spacial score (nSPS) is 51.3. The van der Waals surface area contributed by atoms with E-state index in [1.54, 1.807) is 0 Å². The quantitative estimate of drug-likeness (QED) is 0.726. The highest BCUT2D eigenvalue weighted by Gasteiger charge is 2.73. The monoisotopic (exact) mass is 280 g/mol. The van der Waals surface area contributed by atoms with Crippen molar-refractivity contribution in [2.24, 2.45) is 23.7 Å². The first-order valence-electron chi connectivity index (χ1n) is 8.79. The Morgan fingerprint density at radius 2 is 1.85 bits per heavy atom. The number of aliphatic hydroxyl groups is 1. The summed E-state index contributed by atoms with van der Waals surface area (Å²) in [5.41, 5.74) is 0. The van der Waals surface area contributed by atoms with Crippen molar-refractivity contribution in [3.8, 4) is 0 Å². The lowest BCUT2D eigenvalue weighted by atomic mass is 9.77. The first kappa shape index (κ1) is 13.5. The molecular weight excluding hydrogens is 252 g/mol. The van der Waals surface area contributed by atoms with Crippen molar-refractivity contribution in [3.63, 3.8) is 0 Å². The van der Waals surface area contributed by atoms with Crippen LogP contribution in [0, 0.1) is 23.7 Å². The van der Waals surface area contributed by atoms with Crippen LogP contribution in [0.2, 0.25) is 0 Å². The van der Waals surface area contributed by atoms with E-state index in [9.17, 15) is 5.11 Å². The van der Waals surface area contributed by atoms with Gasteiger partial charge in [-0.1, -0.05) is 39.0 Å². The van der Waals surface area contributed by atoms with Crippen molar-refractivity contribution in [3.05, 3.63) is 0 Å². The molecule has 3 nitrogen and oxygen atoms in total. The van der Waals surface area contributed by atoms with Gasteiger partial charge in [0, 0.05) is 18.3 Å². The zero-order valence-corrected chi connectivity index (χ0v) is 12.6. The summed E-state index contributed by atoms with van der Waals surface area (Å²) in [6.07, 6.45) is 11.1. The third-order valence-electron chi connectivity index (χ3n) is 6.39. The Hall–Kier alpha value is -0.120. The molecule has 2 bridgehead atoms. The summed E-state index contributed by atoms with van der Waals surface area (Å²) < 4.78 is 12.3. The molecule has 0 spiro atoms. The van der Waals surface area contributed by atoms with Crippen LogP contribution in [0.15, 0.2) is 0 Å². The van der Waals surface area contributed by atoms with Crippen LogP contribution >= 0.6 is 0 Å². The van der Waals surface area contributed by atoms with Gasteiger partial charge in [0.2, 0.25) is 0 Å². The molecule has 4 aliphatic rings. The fraction of sp³-hybridized carbons (Fsp3) is 1.00. The van der Waals surface area contributed by atoms with Crippen LogP contribution in [0.5, 0.6) is 0 Å². The molecule has 0 radical (unpaired) electrons. The van der Waals surface area contributed by atoms with Gasteiger partial charge in [-0.3, -0.25) is 0 Å². The van der Waals surface area contributed by atoms with E-state index in [1.807, 2.05) is 0 Å². The van der Waals surface area contributed by atoms with Gasteiger partial charge in [0.05, 0.1) is 6.10 Å². The Kier molecular flexibility index (Phi) is 3.36. The summed E-state index contributed by atoms with van der Waals surface area (Å²) in [6, 6.07) is 0. The second-order valence-electron chi connectivity index (χ2n) is 7.49. The second-order valence-corrected chi connectivity index (χ2v) is 7.49.